The highest BCUT2D eigenvalue weighted by Crippen LogP contribution is 2.43. The number of hydrogen-bond acceptors (Lipinski definition) is 5. The van der Waals surface area contributed by atoms with E-state index in [-0.39, 0.29) is 18.8 Å². The molecule has 0 unspecified atom stereocenters. The Hall–Kier alpha value is -2.86. The smallest absolute Gasteiger partial charge is 0.144 e. The molecular weight excluding hydrogens is 390 g/mol. The van der Waals surface area contributed by atoms with Crippen LogP contribution in [-0.4, -0.2) is 44.6 Å². The highest BCUT2D eigenvalue weighted by Gasteiger charge is 2.41. The molecule has 0 bridgehead atoms. The zero-order valence-electron chi connectivity index (χ0n) is 18.0. The molecule has 0 amide bonds. The van der Waals surface area contributed by atoms with E-state index in [1.165, 1.54) is 0 Å². The zero-order chi connectivity index (χ0) is 21.7. The molecule has 1 aliphatic heterocycles. The number of methoxy groups -OCH3 is 2. The van der Waals surface area contributed by atoms with Crippen molar-refractivity contribution in [2.45, 2.75) is 24.2 Å². The average molecular weight is 420 g/mol. The van der Waals surface area contributed by atoms with Gasteiger partial charge >= 0.3 is 0 Å². The van der Waals surface area contributed by atoms with Gasteiger partial charge in [-0.2, -0.15) is 0 Å². The molecule has 2 N–H and O–H groups in total. The van der Waals surface area contributed by atoms with E-state index in [0.717, 1.165) is 34.6 Å². The number of aliphatic hydroxyl groups excluding tert-OH is 1. The molecule has 2 atom stereocenters. The second-order valence-electron chi connectivity index (χ2n) is 7.77. The van der Waals surface area contributed by atoms with Gasteiger partial charge in [0.05, 0.1) is 26.9 Å². The molecule has 5 nitrogen and oxygen atoms in total. The Morgan fingerprint density at radius 1 is 0.806 bits per heavy atom. The fraction of sp³-hybridized carbons (Fsp3) is 0.308. The summed E-state index contributed by atoms with van der Waals surface area (Å²) in [6, 6.07) is 26.4. The summed E-state index contributed by atoms with van der Waals surface area (Å²) >= 11 is 0. The van der Waals surface area contributed by atoms with Crippen molar-refractivity contribution in [2.75, 3.05) is 27.4 Å². The molecule has 1 fully saturated rings. The van der Waals surface area contributed by atoms with Crippen LogP contribution in [0.5, 0.6) is 11.5 Å². The van der Waals surface area contributed by atoms with Crippen LogP contribution in [0.25, 0.3) is 0 Å². The molecule has 5 heteroatoms. The van der Waals surface area contributed by atoms with Crippen LogP contribution in [0.2, 0.25) is 0 Å². The minimum absolute atomic E-state index is 0.0465. The maximum absolute atomic E-state index is 9.60. The van der Waals surface area contributed by atoms with E-state index in [2.05, 4.69) is 41.7 Å². The third-order valence-electron chi connectivity index (χ3n) is 5.92. The Morgan fingerprint density at radius 2 is 1.32 bits per heavy atom. The van der Waals surface area contributed by atoms with Crippen molar-refractivity contribution in [1.82, 2.24) is 5.32 Å². The molecule has 162 valence electrons. The van der Waals surface area contributed by atoms with Crippen molar-refractivity contribution in [3.63, 3.8) is 0 Å². The molecule has 3 aromatic rings. The summed E-state index contributed by atoms with van der Waals surface area (Å²) in [6.07, 6.45) is 0.693. The molecule has 1 saturated heterocycles. The average Bonchev–Trinajstić information content (AvgIpc) is 3.31. The Labute approximate surface area is 183 Å². The number of hydrogen-bond donors (Lipinski definition) is 2. The minimum Gasteiger partial charge on any atom is -0.497 e. The first-order chi connectivity index (χ1) is 15.2. The third-order valence-corrected chi connectivity index (χ3v) is 5.92. The van der Waals surface area contributed by atoms with Crippen LogP contribution in [0.3, 0.4) is 0 Å². The molecule has 4 rings (SSSR count). The molecule has 0 saturated carbocycles. The summed E-state index contributed by atoms with van der Waals surface area (Å²) in [6.45, 7) is 0.787. The van der Waals surface area contributed by atoms with Gasteiger partial charge in [0.25, 0.3) is 0 Å². The first-order valence-corrected chi connectivity index (χ1v) is 10.6. The summed E-state index contributed by atoms with van der Waals surface area (Å²) in [5, 5.41) is 13.0. The summed E-state index contributed by atoms with van der Waals surface area (Å²) in [4.78, 5) is 0. The SMILES string of the molecule is COc1ccc(C(O[C@H]2CN[C@H](CO)C2)(c2ccccc2)c2ccc(OC)cc2)cc1. The Bertz CT molecular complexity index is 909. The number of benzene rings is 3. The van der Waals surface area contributed by atoms with Gasteiger partial charge in [-0.25, -0.2) is 0 Å². The monoisotopic (exact) mass is 419 g/mol. The summed E-state index contributed by atoms with van der Waals surface area (Å²) in [5.41, 5.74) is 2.24. The van der Waals surface area contributed by atoms with Crippen LogP contribution < -0.4 is 14.8 Å². The zero-order valence-corrected chi connectivity index (χ0v) is 18.0. The van der Waals surface area contributed by atoms with Crippen molar-refractivity contribution in [2.24, 2.45) is 0 Å². The highest BCUT2D eigenvalue weighted by molar-refractivity contribution is 5.49. The molecule has 31 heavy (non-hydrogen) atoms. The molecule has 1 aliphatic rings. The minimum atomic E-state index is -0.823. The second kappa shape index (κ2) is 9.52. The van der Waals surface area contributed by atoms with Gasteiger partial charge in [0.15, 0.2) is 0 Å². The normalized spacial score (nSPS) is 18.7. The number of aliphatic hydroxyl groups is 1. The fourth-order valence-corrected chi connectivity index (χ4v) is 4.29. The standard InChI is InChI=1S/C26H29NO4/c1-29-23-12-8-20(9-13-23)26(19-6-4-3-5-7-19,21-10-14-24(30-2)15-11-21)31-25-16-22(18-28)27-17-25/h3-15,22,25,27-28H,16-18H2,1-2H3/t22-,25+/m0/s1. The van der Waals surface area contributed by atoms with Gasteiger partial charge in [0.1, 0.15) is 17.1 Å². The molecule has 0 radical (unpaired) electrons. The van der Waals surface area contributed by atoms with Gasteiger partial charge < -0.3 is 24.6 Å². The number of nitrogens with one attached hydrogen (secondary N) is 1. The van der Waals surface area contributed by atoms with E-state index >= 15 is 0 Å². The van der Waals surface area contributed by atoms with Gasteiger partial charge in [-0.05, 0) is 47.4 Å². The Kier molecular flexibility index (Phi) is 6.56. The molecule has 3 aromatic carbocycles. The largest absolute Gasteiger partial charge is 0.497 e. The van der Waals surface area contributed by atoms with Crippen molar-refractivity contribution in [3.05, 3.63) is 95.6 Å². The molecule has 0 aliphatic carbocycles. The lowest BCUT2D eigenvalue weighted by atomic mass is 9.79. The van der Waals surface area contributed by atoms with Crippen molar-refractivity contribution in [1.29, 1.82) is 0 Å². The second-order valence-corrected chi connectivity index (χ2v) is 7.77. The molecule has 0 aromatic heterocycles. The molecule has 1 heterocycles. The highest BCUT2D eigenvalue weighted by atomic mass is 16.5. The summed E-state index contributed by atoms with van der Waals surface area (Å²) in [5.74, 6) is 1.59. The van der Waals surface area contributed by atoms with Crippen LogP contribution in [0.15, 0.2) is 78.9 Å². The lowest BCUT2D eigenvalue weighted by Gasteiger charge is -2.38. The predicted octanol–water partition coefficient (Wildman–Crippen LogP) is 3.74. The maximum Gasteiger partial charge on any atom is 0.144 e. The van der Waals surface area contributed by atoms with Gasteiger partial charge in [0.2, 0.25) is 0 Å². The molecular formula is C26H29NO4. The van der Waals surface area contributed by atoms with E-state index in [1.807, 2.05) is 42.5 Å². The van der Waals surface area contributed by atoms with E-state index in [1.54, 1.807) is 14.2 Å². The quantitative estimate of drug-likeness (QED) is 0.545. The topological polar surface area (TPSA) is 60.0 Å². The molecule has 0 spiro atoms. The first-order valence-electron chi connectivity index (χ1n) is 10.6. The maximum atomic E-state index is 9.60. The third kappa shape index (κ3) is 4.30. The van der Waals surface area contributed by atoms with E-state index in [0.29, 0.717) is 6.54 Å². The number of ether oxygens (including phenoxy) is 3. The van der Waals surface area contributed by atoms with Gasteiger partial charge in [0, 0.05) is 12.6 Å². The lowest BCUT2D eigenvalue weighted by molar-refractivity contribution is -0.0389. The fourth-order valence-electron chi connectivity index (χ4n) is 4.29. The van der Waals surface area contributed by atoms with Gasteiger partial charge in [-0.15, -0.1) is 0 Å². The Morgan fingerprint density at radius 3 is 1.77 bits per heavy atom. The van der Waals surface area contributed by atoms with E-state index < -0.39 is 5.60 Å². The Balaban J connectivity index is 1.88. The van der Waals surface area contributed by atoms with Gasteiger partial charge in [-0.1, -0.05) is 54.6 Å². The van der Waals surface area contributed by atoms with Crippen molar-refractivity contribution in [3.8, 4) is 11.5 Å². The lowest BCUT2D eigenvalue weighted by Crippen LogP contribution is -2.37. The van der Waals surface area contributed by atoms with Crippen molar-refractivity contribution >= 4 is 0 Å². The first kappa shape index (κ1) is 21.4. The number of rotatable bonds is 8. The van der Waals surface area contributed by atoms with Crippen LogP contribution in [-0.2, 0) is 10.3 Å². The van der Waals surface area contributed by atoms with E-state index in [9.17, 15) is 5.11 Å². The van der Waals surface area contributed by atoms with Crippen molar-refractivity contribution < 1.29 is 19.3 Å². The van der Waals surface area contributed by atoms with Crippen LogP contribution in [0.4, 0.5) is 0 Å². The van der Waals surface area contributed by atoms with Crippen LogP contribution >= 0.6 is 0 Å². The summed E-state index contributed by atoms with van der Waals surface area (Å²) in [7, 11) is 3.33. The summed E-state index contributed by atoms with van der Waals surface area (Å²) < 4.78 is 17.8. The van der Waals surface area contributed by atoms with Crippen LogP contribution in [0, 0.1) is 0 Å². The predicted molar refractivity (Wildman–Crippen MR) is 121 cm³/mol. The van der Waals surface area contributed by atoms with E-state index in [4.69, 9.17) is 14.2 Å². The van der Waals surface area contributed by atoms with Gasteiger partial charge in [-0.3, -0.25) is 0 Å². The van der Waals surface area contributed by atoms with Crippen LogP contribution in [0.1, 0.15) is 23.1 Å².